The van der Waals surface area contributed by atoms with Crippen LogP contribution in [0.25, 0.3) is 10.8 Å². The smallest absolute Gasteiger partial charge is 0.265 e. The predicted molar refractivity (Wildman–Crippen MR) is 174 cm³/mol. The number of nitrogens with one attached hydrogen (secondary N) is 1. The van der Waals surface area contributed by atoms with Gasteiger partial charge in [0, 0.05) is 37.4 Å². The first kappa shape index (κ1) is 29.9. The number of rotatable bonds is 11. The average Bonchev–Trinajstić information content (AvgIpc) is 3.61. The summed E-state index contributed by atoms with van der Waals surface area (Å²) < 4.78 is 28.4. The lowest BCUT2D eigenvalue weighted by Gasteiger charge is -2.32. The lowest BCUT2D eigenvalue weighted by Crippen LogP contribution is -2.52. The van der Waals surface area contributed by atoms with E-state index in [9.17, 15) is 18.0 Å². The summed E-state index contributed by atoms with van der Waals surface area (Å²) in [5.74, 6) is -0.300. The number of carbonyl (C=O) groups excluding carboxylic acids is 2. The van der Waals surface area contributed by atoms with Crippen molar-refractivity contribution in [1.29, 1.82) is 0 Å². The van der Waals surface area contributed by atoms with Crippen LogP contribution in [0.1, 0.15) is 55.2 Å². The highest BCUT2D eigenvalue weighted by Crippen LogP contribution is 2.42. The number of sulfonamides is 1. The Kier molecular flexibility index (Phi) is 8.71. The van der Waals surface area contributed by atoms with Crippen molar-refractivity contribution in [3.05, 3.63) is 108 Å². The fourth-order valence-corrected chi connectivity index (χ4v) is 8.28. The minimum absolute atomic E-state index is 0.117. The Morgan fingerprint density at radius 1 is 0.886 bits per heavy atom. The highest BCUT2D eigenvalue weighted by molar-refractivity contribution is 7.93. The molecule has 0 aromatic heterocycles. The van der Waals surface area contributed by atoms with Gasteiger partial charge in [0.1, 0.15) is 6.04 Å². The third-order valence-corrected chi connectivity index (χ3v) is 10.7. The molecule has 1 saturated carbocycles. The number of hydrogen-bond donors (Lipinski definition) is 1. The van der Waals surface area contributed by atoms with Crippen LogP contribution in [0.15, 0.2) is 95.9 Å². The lowest BCUT2D eigenvalue weighted by molar-refractivity contribution is -0.141. The molecule has 0 bridgehead atoms. The normalized spacial score (nSPS) is 16.2. The van der Waals surface area contributed by atoms with E-state index in [0.717, 1.165) is 53.1 Å². The number of nitrogens with zero attached hydrogens (tertiary/aromatic N) is 2. The maximum atomic E-state index is 14.1. The van der Waals surface area contributed by atoms with Gasteiger partial charge in [-0.2, -0.15) is 0 Å². The molecule has 8 heteroatoms. The van der Waals surface area contributed by atoms with Gasteiger partial charge in [-0.3, -0.25) is 13.9 Å². The van der Waals surface area contributed by atoms with Crippen LogP contribution in [0.4, 0.5) is 5.69 Å². The zero-order valence-electron chi connectivity index (χ0n) is 25.1. The van der Waals surface area contributed by atoms with Crippen molar-refractivity contribution < 1.29 is 18.0 Å². The molecule has 4 aromatic rings. The molecule has 6 rings (SSSR count). The van der Waals surface area contributed by atoms with Gasteiger partial charge in [-0.25, -0.2) is 8.42 Å². The molecule has 1 aliphatic carbocycles. The zero-order chi connectivity index (χ0) is 30.7. The van der Waals surface area contributed by atoms with E-state index in [1.54, 1.807) is 17.0 Å². The molecule has 228 valence electrons. The van der Waals surface area contributed by atoms with E-state index in [1.807, 2.05) is 85.8 Å². The SMILES string of the molecule is Cc1ccc(CN(C(=O)CCCN2c3cccc4cccc(c34)S2(=O)=O)[C@@H](Cc2ccccc2)C(=O)NC2CCCC2)cc1. The Hall–Kier alpha value is -4.17. The quantitative estimate of drug-likeness (QED) is 0.222. The van der Waals surface area contributed by atoms with Crippen molar-refractivity contribution >= 4 is 38.3 Å². The van der Waals surface area contributed by atoms with Gasteiger partial charge < -0.3 is 10.2 Å². The minimum Gasteiger partial charge on any atom is -0.352 e. The summed E-state index contributed by atoms with van der Waals surface area (Å²) in [5.41, 5.74) is 3.70. The molecule has 0 unspecified atom stereocenters. The highest BCUT2D eigenvalue weighted by Gasteiger charge is 2.36. The Morgan fingerprint density at radius 3 is 2.32 bits per heavy atom. The van der Waals surface area contributed by atoms with Crippen molar-refractivity contribution in [2.75, 3.05) is 10.8 Å². The van der Waals surface area contributed by atoms with E-state index in [2.05, 4.69) is 5.32 Å². The van der Waals surface area contributed by atoms with Crippen LogP contribution in [-0.2, 0) is 32.6 Å². The fourth-order valence-electron chi connectivity index (χ4n) is 6.53. The minimum atomic E-state index is -3.71. The molecule has 7 nitrogen and oxygen atoms in total. The van der Waals surface area contributed by atoms with Gasteiger partial charge in [-0.1, -0.05) is 97.3 Å². The second-order valence-corrected chi connectivity index (χ2v) is 13.8. The number of aryl methyl sites for hydroxylation is 1. The first-order valence-electron chi connectivity index (χ1n) is 15.5. The fraction of sp³-hybridized carbons (Fsp3) is 0.333. The Balaban J connectivity index is 1.25. The van der Waals surface area contributed by atoms with Crippen LogP contribution in [0.3, 0.4) is 0 Å². The molecule has 1 fully saturated rings. The number of amides is 2. The van der Waals surface area contributed by atoms with Crippen LogP contribution in [0.2, 0.25) is 0 Å². The summed E-state index contributed by atoms with van der Waals surface area (Å²) in [6.45, 7) is 2.49. The van der Waals surface area contributed by atoms with Crippen molar-refractivity contribution in [2.45, 2.75) is 75.4 Å². The molecule has 4 aromatic carbocycles. The van der Waals surface area contributed by atoms with Gasteiger partial charge in [0.05, 0.1) is 10.6 Å². The van der Waals surface area contributed by atoms with Crippen LogP contribution in [0, 0.1) is 6.92 Å². The molecule has 0 saturated heterocycles. The Morgan fingerprint density at radius 2 is 1.59 bits per heavy atom. The molecule has 1 aliphatic heterocycles. The van der Waals surface area contributed by atoms with Crippen LogP contribution in [0.5, 0.6) is 0 Å². The Bertz CT molecular complexity index is 1740. The topological polar surface area (TPSA) is 86.8 Å². The summed E-state index contributed by atoms with van der Waals surface area (Å²) in [5, 5.41) is 4.85. The molecule has 0 radical (unpaired) electrons. The van der Waals surface area contributed by atoms with E-state index in [-0.39, 0.29) is 30.8 Å². The largest absolute Gasteiger partial charge is 0.352 e. The molecule has 1 atom stereocenters. The van der Waals surface area contributed by atoms with E-state index in [1.165, 1.54) is 4.31 Å². The number of hydrogen-bond acceptors (Lipinski definition) is 4. The van der Waals surface area contributed by atoms with E-state index < -0.39 is 16.1 Å². The summed E-state index contributed by atoms with van der Waals surface area (Å²) in [6.07, 6.45) is 4.94. The summed E-state index contributed by atoms with van der Waals surface area (Å²) in [7, 11) is -3.71. The Labute approximate surface area is 259 Å². The molecular weight excluding hydrogens is 570 g/mol. The molecule has 2 aliphatic rings. The maximum Gasteiger partial charge on any atom is 0.265 e. The van der Waals surface area contributed by atoms with Gasteiger partial charge in [0.15, 0.2) is 0 Å². The average molecular weight is 610 g/mol. The van der Waals surface area contributed by atoms with Crippen molar-refractivity contribution in [3.63, 3.8) is 0 Å². The second-order valence-electron chi connectivity index (χ2n) is 12.0. The van der Waals surface area contributed by atoms with Gasteiger partial charge in [0.25, 0.3) is 10.0 Å². The molecule has 44 heavy (non-hydrogen) atoms. The van der Waals surface area contributed by atoms with Crippen molar-refractivity contribution in [2.24, 2.45) is 0 Å². The summed E-state index contributed by atoms with van der Waals surface area (Å²) in [6, 6.07) is 28.2. The number of carbonyl (C=O) groups is 2. The van der Waals surface area contributed by atoms with Crippen molar-refractivity contribution in [1.82, 2.24) is 10.2 Å². The third kappa shape index (κ3) is 6.22. The standard InChI is InChI=1S/C36H39N3O4S/c1-26-19-21-28(22-20-26)25-38(32(24-27-10-3-2-4-11-27)36(41)37-30-14-5-6-15-30)34(40)18-9-23-39-31-16-7-12-29-13-8-17-33(35(29)31)44(39,42)43/h2-4,7-8,10-13,16-17,19-22,30,32H,5-6,9,14-15,18,23-25H2,1H3,(H,37,41)/t32-/m0/s1. The molecular formula is C36H39N3O4S. The van der Waals surface area contributed by atoms with Crippen LogP contribution >= 0.6 is 0 Å². The van der Waals surface area contributed by atoms with Gasteiger partial charge in [-0.15, -0.1) is 0 Å². The maximum absolute atomic E-state index is 14.1. The summed E-state index contributed by atoms with van der Waals surface area (Å²) in [4.78, 5) is 30.0. The van der Waals surface area contributed by atoms with E-state index in [0.29, 0.717) is 30.0 Å². The van der Waals surface area contributed by atoms with E-state index >= 15 is 0 Å². The molecule has 2 amide bonds. The first-order chi connectivity index (χ1) is 21.3. The first-order valence-corrected chi connectivity index (χ1v) is 17.0. The van der Waals surface area contributed by atoms with E-state index in [4.69, 9.17) is 0 Å². The molecule has 1 heterocycles. The summed E-state index contributed by atoms with van der Waals surface area (Å²) >= 11 is 0. The van der Waals surface area contributed by atoms with Gasteiger partial charge in [-0.05, 0) is 54.8 Å². The van der Waals surface area contributed by atoms with Crippen LogP contribution in [-0.4, -0.2) is 43.8 Å². The lowest BCUT2D eigenvalue weighted by atomic mass is 10.0. The molecule has 1 N–H and O–H groups in total. The predicted octanol–water partition coefficient (Wildman–Crippen LogP) is 6.14. The zero-order valence-corrected chi connectivity index (χ0v) is 25.9. The van der Waals surface area contributed by atoms with Crippen LogP contribution < -0.4 is 9.62 Å². The second kappa shape index (κ2) is 12.8. The number of anilines is 1. The third-order valence-electron chi connectivity index (χ3n) is 8.88. The highest BCUT2D eigenvalue weighted by atomic mass is 32.2. The monoisotopic (exact) mass is 609 g/mol. The molecule has 0 spiro atoms. The van der Waals surface area contributed by atoms with Crippen molar-refractivity contribution in [3.8, 4) is 0 Å². The van der Waals surface area contributed by atoms with Gasteiger partial charge in [0.2, 0.25) is 11.8 Å². The van der Waals surface area contributed by atoms with Gasteiger partial charge >= 0.3 is 0 Å². The number of benzene rings is 4.